The Kier molecular flexibility index (Phi) is 5.71. The first-order valence-electron chi connectivity index (χ1n) is 7.89. The number of carbonyl (C=O) groups excluding carboxylic acids is 1. The molecule has 0 aliphatic heterocycles. The van der Waals surface area contributed by atoms with E-state index in [1.807, 2.05) is 0 Å². The van der Waals surface area contributed by atoms with Gasteiger partial charge < -0.3 is 24.8 Å². The number of carboxylic acid groups (broad SMARTS) is 1. The van der Waals surface area contributed by atoms with E-state index in [0.29, 0.717) is 11.5 Å². The van der Waals surface area contributed by atoms with Crippen molar-refractivity contribution < 1.29 is 34.4 Å². The summed E-state index contributed by atoms with van der Waals surface area (Å²) >= 11 is 0. The molecule has 0 amide bonds. The molecule has 0 aliphatic rings. The van der Waals surface area contributed by atoms with E-state index in [2.05, 4.69) is 0 Å². The molecule has 0 saturated carbocycles. The number of carbonyl (C=O) groups is 2. The van der Waals surface area contributed by atoms with Crippen molar-refractivity contribution in [2.75, 3.05) is 14.2 Å². The molecule has 138 valence electrons. The normalized spacial score (nSPS) is 11.7. The van der Waals surface area contributed by atoms with Gasteiger partial charge in [0.15, 0.2) is 17.3 Å². The zero-order chi connectivity index (χ0) is 19.4. The quantitative estimate of drug-likeness (QED) is 0.651. The van der Waals surface area contributed by atoms with Gasteiger partial charge in [0, 0.05) is 11.6 Å². The third-order valence-corrected chi connectivity index (χ3v) is 4.09. The molecule has 0 fully saturated rings. The molecule has 0 spiro atoms. The second-order valence-electron chi connectivity index (χ2n) is 5.63. The Morgan fingerprint density at radius 2 is 1.69 bits per heavy atom. The number of carboxylic acids is 1. The summed E-state index contributed by atoms with van der Waals surface area (Å²) in [5, 5.41) is 29.4. The molecule has 0 aliphatic carbocycles. The van der Waals surface area contributed by atoms with Crippen LogP contribution < -0.4 is 9.47 Å². The summed E-state index contributed by atoms with van der Waals surface area (Å²) in [5.41, 5.74) is 0.0756. The lowest BCUT2D eigenvalue weighted by atomic mass is 9.87. The number of hydrogen-bond acceptors (Lipinski definition) is 6. The number of hydrogen-bond donors (Lipinski definition) is 3. The lowest BCUT2D eigenvalue weighted by Gasteiger charge is -2.17. The number of phenols is 2. The van der Waals surface area contributed by atoms with Crippen LogP contribution in [0.2, 0.25) is 0 Å². The summed E-state index contributed by atoms with van der Waals surface area (Å²) in [6, 6.07) is 6.67. The standard InChI is InChI=1S/C19H20O7/c1-4-12(19(23)24)13-8-11(20)9-14(21)17(13)18(22)10-5-6-15(25-2)16(7-10)26-3/h5-9,12,20-21H,4H2,1-3H3,(H,23,24). The van der Waals surface area contributed by atoms with Gasteiger partial charge >= 0.3 is 5.97 Å². The van der Waals surface area contributed by atoms with Crippen molar-refractivity contribution in [1.82, 2.24) is 0 Å². The van der Waals surface area contributed by atoms with Crippen LogP contribution in [0.15, 0.2) is 30.3 Å². The lowest BCUT2D eigenvalue weighted by Crippen LogP contribution is -2.16. The van der Waals surface area contributed by atoms with Crippen LogP contribution in [0.25, 0.3) is 0 Å². The largest absolute Gasteiger partial charge is 0.508 e. The Bertz CT molecular complexity index is 842. The molecule has 0 saturated heterocycles. The van der Waals surface area contributed by atoms with Crippen LogP contribution in [0, 0.1) is 0 Å². The fourth-order valence-corrected chi connectivity index (χ4v) is 2.80. The van der Waals surface area contributed by atoms with Gasteiger partial charge in [-0.25, -0.2) is 0 Å². The summed E-state index contributed by atoms with van der Waals surface area (Å²) < 4.78 is 10.3. The lowest BCUT2D eigenvalue weighted by molar-refractivity contribution is -0.138. The molecule has 0 bridgehead atoms. The fourth-order valence-electron chi connectivity index (χ4n) is 2.80. The molecule has 1 atom stereocenters. The topological polar surface area (TPSA) is 113 Å². The average molecular weight is 360 g/mol. The van der Waals surface area contributed by atoms with Crippen molar-refractivity contribution in [2.45, 2.75) is 19.3 Å². The van der Waals surface area contributed by atoms with Crippen LogP contribution in [0.4, 0.5) is 0 Å². The first kappa shape index (κ1) is 19.1. The predicted octanol–water partition coefficient (Wildman–Crippen LogP) is 2.92. The molecule has 2 aromatic rings. The molecular formula is C19H20O7. The number of methoxy groups -OCH3 is 2. The molecule has 26 heavy (non-hydrogen) atoms. The Morgan fingerprint density at radius 1 is 1.04 bits per heavy atom. The van der Waals surface area contributed by atoms with Gasteiger partial charge in [0.05, 0.1) is 25.7 Å². The van der Waals surface area contributed by atoms with E-state index in [1.165, 1.54) is 38.5 Å². The van der Waals surface area contributed by atoms with E-state index in [-0.39, 0.29) is 28.9 Å². The number of ketones is 1. The first-order valence-corrected chi connectivity index (χ1v) is 7.89. The fraction of sp³-hybridized carbons (Fsp3) is 0.263. The molecule has 3 N–H and O–H groups in total. The molecule has 7 heteroatoms. The van der Waals surface area contributed by atoms with Gasteiger partial charge in [0.2, 0.25) is 0 Å². The van der Waals surface area contributed by atoms with Crippen molar-refractivity contribution in [1.29, 1.82) is 0 Å². The first-order chi connectivity index (χ1) is 12.3. The van der Waals surface area contributed by atoms with Gasteiger partial charge in [0.1, 0.15) is 11.5 Å². The Labute approximate surface area is 150 Å². The summed E-state index contributed by atoms with van der Waals surface area (Å²) in [7, 11) is 2.88. The predicted molar refractivity (Wildman–Crippen MR) is 93.4 cm³/mol. The Balaban J connectivity index is 2.64. The van der Waals surface area contributed by atoms with Crippen molar-refractivity contribution >= 4 is 11.8 Å². The van der Waals surface area contributed by atoms with E-state index < -0.39 is 23.4 Å². The summed E-state index contributed by atoms with van der Waals surface area (Å²) in [4.78, 5) is 24.5. The summed E-state index contributed by atoms with van der Waals surface area (Å²) in [5.74, 6) is -2.84. The zero-order valence-corrected chi connectivity index (χ0v) is 14.6. The SMILES string of the molecule is CCC(C(=O)O)c1cc(O)cc(O)c1C(=O)c1ccc(OC)c(OC)c1. The number of benzene rings is 2. The van der Waals surface area contributed by atoms with E-state index in [0.717, 1.165) is 6.07 Å². The van der Waals surface area contributed by atoms with Crippen LogP contribution >= 0.6 is 0 Å². The highest BCUT2D eigenvalue weighted by Gasteiger charge is 2.28. The highest BCUT2D eigenvalue weighted by atomic mass is 16.5. The van der Waals surface area contributed by atoms with Crippen LogP contribution in [-0.2, 0) is 4.79 Å². The maximum absolute atomic E-state index is 13.0. The number of ether oxygens (including phenoxy) is 2. The minimum Gasteiger partial charge on any atom is -0.508 e. The minimum atomic E-state index is -1.15. The van der Waals surface area contributed by atoms with Gasteiger partial charge in [-0.05, 0) is 36.2 Å². The molecule has 0 aromatic heterocycles. The molecule has 7 nitrogen and oxygen atoms in total. The maximum atomic E-state index is 13.0. The van der Waals surface area contributed by atoms with Crippen molar-refractivity contribution in [3.63, 3.8) is 0 Å². The second-order valence-corrected chi connectivity index (χ2v) is 5.63. The molecular weight excluding hydrogens is 340 g/mol. The van der Waals surface area contributed by atoms with Crippen molar-refractivity contribution in [3.8, 4) is 23.0 Å². The van der Waals surface area contributed by atoms with E-state index in [9.17, 15) is 24.9 Å². The molecule has 1 unspecified atom stereocenters. The molecule has 0 heterocycles. The highest BCUT2D eigenvalue weighted by Crippen LogP contribution is 2.36. The van der Waals surface area contributed by atoms with Crippen LogP contribution in [0.3, 0.4) is 0 Å². The summed E-state index contributed by atoms with van der Waals surface area (Å²) in [6.45, 7) is 1.64. The van der Waals surface area contributed by atoms with Gasteiger partial charge in [-0.3, -0.25) is 9.59 Å². The van der Waals surface area contributed by atoms with Crippen LogP contribution in [0.1, 0.15) is 40.7 Å². The Hall–Kier alpha value is -3.22. The molecule has 0 radical (unpaired) electrons. The number of rotatable bonds is 7. The van der Waals surface area contributed by atoms with Gasteiger partial charge in [-0.1, -0.05) is 6.92 Å². The monoisotopic (exact) mass is 360 g/mol. The molecule has 2 rings (SSSR count). The zero-order valence-electron chi connectivity index (χ0n) is 14.6. The van der Waals surface area contributed by atoms with Gasteiger partial charge in [0.25, 0.3) is 0 Å². The van der Waals surface area contributed by atoms with Gasteiger partial charge in [-0.15, -0.1) is 0 Å². The average Bonchev–Trinajstić information content (AvgIpc) is 2.60. The van der Waals surface area contributed by atoms with Crippen LogP contribution in [-0.4, -0.2) is 41.3 Å². The van der Waals surface area contributed by atoms with Gasteiger partial charge in [-0.2, -0.15) is 0 Å². The Morgan fingerprint density at radius 3 is 2.23 bits per heavy atom. The van der Waals surface area contributed by atoms with Crippen molar-refractivity contribution in [2.24, 2.45) is 0 Å². The smallest absolute Gasteiger partial charge is 0.310 e. The minimum absolute atomic E-state index is 0.0530. The van der Waals surface area contributed by atoms with Crippen LogP contribution in [0.5, 0.6) is 23.0 Å². The maximum Gasteiger partial charge on any atom is 0.310 e. The number of aromatic hydroxyl groups is 2. The van der Waals surface area contributed by atoms with E-state index in [1.54, 1.807) is 6.92 Å². The number of phenolic OH excluding ortho intramolecular Hbond substituents is 2. The number of aliphatic carboxylic acids is 1. The highest BCUT2D eigenvalue weighted by molar-refractivity contribution is 6.12. The second kappa shape index (κ2) is 7.77. The van der Waals surface area contributed by atoms with E-state index >= 15 is 0 Å². The van der Waals surface area contributed by atoms with E-state index in [4.69, 9.17) is 9.47 Å². The third kappa shape index (κ3) is 3.56. The third-order valence-electron chi connectivity index (χ3n) is 4.09. The molecule has 2 aromatic carbocycles. The summed E-state index contributed by atoms with van der Waals surface area (Å²) in [6.07, 6.45) is 0.185. The van der Waals surface area contributed by atoms with Crippen molar-refractivity contribution in [3.05, 3.63) is 47.0 Å².